The zero-order chi connectivity index (χ0) is 10.3. The van der Waals surface area contributed by atoms with Gasteiger partial charge in [0.15, 0.2) is 18.2 Å². The van der Waals surface area contributed by atoms with Gasteiger partial charge in [-0.05, 0) is 0 Å². The van der Waals surface area contributed by atoms with Crippen molar-refractivity contribution in [2.75, 3.05) is 6.61 Å². The quantitative estimate of drug-likeness (QED) is 0.502. The van der Waals surface area contributed by atoms with Crippen LogP contribution in [0.25, 0.3) is 0 Å². The maximum atomic E-state index is 13.1. The summed E-state index contributed by atoms with van der Waals surface area (Å²) in [7, 11) is 0. The summed E-state index contributed by atoms with van der Waals surface area (Å²) in [6.07, 6.45) is 0. The molecule has 0 fully saturated rings. The van der Waals surface area contributed by atoms with E-state index in [0.717, 1.165) is 12.1 Å². The van der Waals surface area contributed by atoms with Gasteiger partial charge < -0.3 is 4.74 Å². The van der Waals surface area contributed by atoms with Gasteiger partial charge in [-0.15, -0.1) is 0 Å². The van der Waals surface area contributed by atoms with Crippen LogP contribution in [0.3, 0.4) is 0 Å². The number of non-ortho nitro benzene ring substituents is 1. The minimum Gasteiger partial charge on any atom is -0.482 e. The largest absolute Gasteiger partial charge is 0.482 e. The highest BCUT2D eigenvalue weighted by Crippen LogP contribution is 2.32. The van der Waals surface area contributed by atoms with Gasteiger partial charge in [0.25, 0.3) is 5.69 Å². The fraction of sp³-hybridized carbons (Fsp3) is 0.125. The molecule has 1 heterocycles. The molecule has 72 valence electrons. The third-order valence-electron chi connectivity index (χ3n) is 1.89. The minimum atomic E-state index is -0.875. The molecule has 0 radical (unpaired) electrons. The Balaban J connectivity index is 2.64. The standard InChI is InChI=1S/C8H4FNO4/c9-6-2-4(10(12)13)1-5-7(11)3-14-8(5)6/h1-2H,3H2. The molecule has 0 unspecified atom stereocenters. The third kappa shape index (κ3) is 1.12. The Bertz CT molecular complexity index is 443. The van der Waals surface area contributed by atoms with E-state index in [1.165, 1.54) is 0 Å². The van der Waals surface area contributed by atoms with Gasteiger partial charge in [0, 0.05) is 6.07 Å². The second-order valence-corrected chi connectivity index (χ2v) is 2.77. The second-order valence-electron chi connectivity index (χ2n) is 2.77. The van der Waals surface area contributed by atoms with E-state index in [9.17, 15) is 19.3 Å². The van der Waals surface area contributed by atoms with Crippen LogP contribution in [0.15, 0.2) is 12.1 Å². The molecule has 0 aromatic heterocycles. The Hall–Kier alpha value is -1.98. The number of hydrogen-bond donors (Lipinski definition) is 0. The Morgan fingerprint density at radius 2 is 2.21 bits per heavy atom. The van der Waals surface area contributed by atoms with E-state index in [1.54, 1.807) is 0 Å². The van der Waals surface area contributed by atoms with Crippen molar-refractivity contribution in [2.45, 2.75) is 0 Å². The Kier molecular flexibility index (Phi) is 1.70. The number of nitro groups is 1. The third-order valence-corrected chi connectivity index (χ3v) is 1.89. The minimum absolute atomic E-state index is 0.0586. The number of Topliss-reactive ketones (excluding diaryl/α,β-unsaturated/α-hetero) is 1. The van der Waals surface area contributed by atoms with E-state index in [1.807, 2.05) is 0 Å². The van der Waals surface area contributed by atoms with Crippen LogP contribution in [0.4, 0.5) is 10.1 Å². The number of nitrogens with zero attached hydrogens (tertiary/aromatic N) is 1. The molecule has 0 saturated heterocycles. The van der Waals surface area contributed by atoms with Crippen molar-refractivity contribution in [2.24, 2.45) is 0 Å². The van der Waals surface area contributed by atoms with Gasteiger partial charge in [0.2, 0.25) is 5.78 Å². The molecule has 6 heteroatoms. The first-order valence-electron chi connectivity index (χ1n) is 3.73. The molecule has 0 amide bonds. The number of ketones is 1. The lowest BCUT2D eigenvalue weighted by Gasteiger charge is -1.98. The van der Waals surface area contributed by atoms with Crippen LogP contribution >= 0.6 is 0 Å². The van der Waals surface area contributed by atoms with E-state index < -0.39 is 22.2 Å². The Labute approximate surface area is 77.2 Å². The first-order chi connectivity index (χ1) is 6.59. The van der Waals surface area contributed by atoms with Gasteiger partial charge in [0.1, 0.15) is 0 Å². The lowest BCUT2D eigenvalue weighted by atomic mass is 10.1. The highest BCUT2D eigenvalue weighted by Gasteiger charge is 2.28. The van der Waals surface area contributed by atoms with E-state index in [4.69, 9.17) is 4.74 Å². The summed E-state index contributed by atoms with van der Waals surface area (Å²) in [4.78, 5) is 20.7. The van der Waals surface area contributed by atoms with Gasteiger partial charge in [-0.25, -0.2) is 4.39 Å². The van der Waals surface area contributed by atoms with E-state index in [-0.39, 0.29) is 17.9 Å². The maximum absolute atomic E-state index is 13.1. The molecule has 0 atom stereocenters. The van der Waals surface area contributed by atoms with E-state index in [2.05, 4.69) is 0 Å². The number of fused-ring (bicyclic) bond motifs is 1. The SMILES string of the molecule is O=C1COc2c(F)cc([N+](=O)[O-])cc21. The van der Waals surface area contributed by atoms with Gasteiger partial charge in [-0.2, -0.15) is 0 Å². The van der Waals surface area contributed by atoms with Crippen LogP contribution in [0.5, 0.6) is 5.75 Å². The molecule has 1 aliphatic heterocycles. The van der Waals surface area contributed by atoms with Crippen LogP contribution in [-0.2, 0) is 0 Å². The lowest BCUT2D eigenvalue weighted by Crippen LogP contribution is -1.99. The van der Waals surface area contributed by atoms with Gasteiger partial charge in [0.05, 0.1) is 16.6 Å². The zero-order valence-corrected chi connectivity index (χ0v) is 6.82. The molecule has 2 rings (SSSR count). The monoisotopic (exact) mass is 197 g/mol. The summed E-state index contributed by atoms with van der Waals surface area (Å²) >= 11 is 0. The van der Waals surface area contributed by atoms with E-state index >= 15 is 0 Å². The molecule has 14 heavy (non-hydrogen) atoms. The molecule has 0 aliphatic carbocycles. The molecule has 5 nitrogen and oxygen atoms in total. The molecule has 0 spiro atoms. The molecule has 1 aromatic carbocycles. The number of ether oxygens (including phenoxy) is 1. The van der Waals surface area contributed by atoms with Crippen molar-refractivity contribution < 1.29 is 18.8 Å². The summed E-state index contributed by atoms with van der Waals surface area (Å²) < 4.78 is 17.8. The summed E-state index contributed by atoms with van der Waals surface area (Å²) in [5.41, 5.74) is -0.503. The predicted molar refractivity (Wildman–Crippen MR) is 42.9 cm³/mol. The van der Waals surface area contributed by atoms with Crippen molar-refractivity contribution in [3.63, 3.8) is 0 Å². The first kappa shape index (κ1) is 8.61. The summed E-state index contributed by atoms with van der Waals surface area (Å²) in [6.45, 7) is -0.257. The summed E-state index contributed by atoms with van der Waals surface area (Å²) in [5.74, 6) is -1.51. The molecular formula is C8H4FNO4. The number of benzene rings is 1. The van der Waals surface area contributed by atoms with Crippen LogP contribution in [-0.4, -0.2) is 17.3 Å². The van der Waals surface area contributed by atoms with Crippen molar-refractivity contribution in [1.82, 2.24) is 0 Å². The van der Waals surface area contributed by atoms with Crippen LogP contribution in [0.1, 0.15) is 10.4 Å². The Morgan fingerprint density at radius 3 is 2.86 bits per heavy atom. The van der Waals surface area contributed by atoms with Crippen LogP contribution in [0, 0.1) is 15.9 Å². The zero-order valence-electron chi connectivity index (χ0n) is 6.82. The predicted octanol–water partition coefficient (Wildman–Crippen LogP) is 1.31. The van der Waals surface area contributed by atoms with Gasteiger partial charge in [-0.3, -0.25) is 14.9 Å². The topological polar surface area (TPSA) is 69.4 Å². The summed E-state index contributed by atoms with van der Waals surface area (Å²) in [6, 6.07) is 1.76. The summed E-state index contributed by atoms with van der Waals surface area (Å²) in [5, 5.41) is 10.3. The molecular weight excluding hydrogens is 193 g/mol. The molecule has 1 aliphatic rings. The van der Waals surface area contributed by atoms with Crippen molar-refractivity contribution in [3.8, 4) is 5.75 Å². The normalized spacial score (nSPS) is 13.6. The van der Waals surface area contributed by atoms with Crippen molar-refractivity contribution >= 4 is 11.5 Å². The average molecular weight is 197 g/mol. The fourth-order valence-electron chi connectivity index (χ4n) is 1.25. The van der Waals surface area contributed by atoms with E-state index in [0.29, 0.717) is 0 Å². The van der Waals surface area contributed by atoms with Crippen LogP contribution in [0.2, 0.25) is 0 Å². The smallest absolute Gasteiger partial charge is 0.273 e. The number of carbonyl (C=O) groups excluding carboxylic acids is 1. The number of halogens is 1. The fourth-order valence-corrected chi connectivity index (χ4v) is 1.25. The maximum Gasteiger partial charge on any atom is 0.273 e. The molecule has 1 aromatic rings. The molecule has 0 saturated carbocycles. The van der Waals surface area contributed by atoms with Crippen molar-refractivity contribution in [1.29, 1.82) is 0 Å². The number of carbonyl (C=O) groups is 1. The molecule has 0 N–H and O–H groups in total. The first-order valence-corrected chi connectivity index (χ1v) is 3.73. The number of rotatable bonds is 1. The number of hydrogen-bond acceptors (Lipinski definition) is 4. The lowest BCUT2D eigenvalue weighted by molar-refractivity contribution is -0.385. The highest BCUT2D eigenvalue weighted by molar-refractivity contribution is 6.02. The Morgan fingerprint density at radius 1 is 1.50 bits per heavy atom. The van der Waals surface area contributed by atoms with Gasteiger partial charge >= 0.3 is 0 Å². The second kappa shape index (κ2) is 2.76. The number of nitro benzene ring substituents is 1. The van der Waals surface area contributed by atoms with Gasteiger partial charge in [-0.1, -0.05) is 0 Å². The van der Waals surface area contributed by atoms with Crippen LogP contribution < -0.4 is 4.74 Å². The highest BCUT2D eigenvalue weighted by atomic mass is 19.1. The average Bonchev–Trinajstić information content (AvgIpc) is 2.48. The molecule has 0 bridgehead atoms. The van der Waals surface area contributed by atoms with Crippen molar-refractivity contribution in [3.05, 3.63) is 33.6 Å².